The summed E-state index contributed by atoms with van der Waals surface area (Å²) in [6.07, 6.45) is 6.57. The number of nitrogens with zero attached hydrogens (tertiary/aromatic N) is 3. The highest BCUT2D eigenvalue weighted by molar-refractivity contribution is 7.90. The summed E-state index contributed by atoms with van der Waals surface area (Å²) in [6, 6.07) is 3.55. The Morgan fingerprint density at radius 2 is 1.74 bits per heavy atom. The van der Waals surface area contributed by atoms with Crippen LogP contribution in [0.5, 0.6) is 5.88 Å². The summed E-state index contributed by atoms with van der Waals surface area (Å²) < 4.78 is 71.4. The van der Waals surface area contributed by atoms with E-state index >= 15 is 0 Å². The van der Waals surface area contributed by atoms with Gasteiger partial charge in [0.05, 0.1) is 21.4 Å². The molecule has 2 atom stereocenters. The van der Waals surface area contributed by atoms with Gasteiger partial charge in [-0.1, -0.05) is 0 Å². The molecule has 3 aliphatic rings. The number of sulfonamides is 1. The molecule has 2 aliphatic heterocycles. The highest BCUT2D eigenvalue weighted by Crippen LogP contribution is 2.43. The van der Waals surface area contributed by atoms with Gasteiger partial charge in [0, 0.05) is 31.2 Å². The molecule has 0 radical (unpaired) electrons. The maximum absolute atomic E-state index is 14.5. The molecule has 2 saturated heterocycles. The fourth-order valence-corrected chi connectivity index (χ4v) is 7.85. The van der Waals surface area contributed by atoms with Gasteiger partial charge in [0.1, 0.15) is 24.1 Å². The van der Waals surface area contributed by atoms with Gasteiger partial charge in [-0.2, -0.15) is 4.31 Å². The number of nitrogens with one attached hydrogen (secondary N) is 1. The molecule has 184 valence electrons. The third-order valence-corrected chi connectivity index (χ3v) is 10.4. The number of aromatic nitrogens is 2. The van der Waals surface area contributed by atoms with E-state index < -0.39 is 25.7 Å². The first-order chi connectivity index (χ1) is 16.0. The predicted molar refractivity (Wildman–Crippen MR) is 124 cm³/mol. The van der Waals surface area contributed by atoms with Crippen molar-refractivity contribution in [3.63, 3.8) is 0 Å². The first kappa shape index (κ1) is 23.4. The van der Waals surface area contributed by atoms with Crippen LogP contribution in [0, 0.1) is 12.7 Å². The maximum atomic E-state index is 14.5. The van der Waals surface area contributed by atoms with Crippen molar-refractivity contribution in [2.24, 2.45) is 0 Å². The topological polar surface area (TPSA) is 119 Å². The summed E-state index contributed by atoms with van der Waals surface area (Å²) in [7, 11) is -6.74. The van der Waals surface area contributed by atoms with E-state index in [1.165, 1.54) is 18.5 Å². The van der Waals surface area contributed by atoms with E-state index in [2.05, 4.69) is 15.3 Å². The van der Waals surface area contributed by atoms with Crippen molar-refractivity contribution >= 4 is 31.4 Å². The normalized spacial score (nSPS) is 25.3. The first-order valence-electron chi connectivity index (χ1n) is 11.3. The van der Waals surface area contributed by atoms with Crippen molar-refractivity contribution in [2.45, 2.75) is 73.8 Å². The van der Waals surface area contributed by atoms with Crippen LogP contribution in [0.2, 0.25) is 0 Å². The Morgan fingerprint density at radius 1 is 1.06 bits per heavy atom. The second-order valence-corrected chi connectivity index (χ2v) is 13.5. The molecule has 3 heterocycles. The molecule has 1 N–H and O–H groups in total. The van der Waals surface area contributed by atoms with Crippen molar-refractivity contribution in [3.05, 3.63) is 35.9 Å². The molecule has 1 aromatic carbocycles. The Balaban J connectivity index is 1.31. The molecule has 1 aliphatic carbocycles. The minimum Gasteiger partial charge on any atom is -0.474 e. The molecule has 5 rings (SSSR count). The Kier molecular flexibility index (Phi) is 5.80. The quantitative estimate of drug-likeness (QED) is 0.604. The van der Waals surface area contributed by atoms with Gasteiger partial charge in [0.15, 0.2) is 9.84 Å². The van der Waals surface area contributed by atoms with E-state index in [1.807, 2.05) is 0 Å². The third kappa shape index (κ3) is 4.38. The summed E-state index contributed by atoms with van der Waals surface area (Å²) in [6.45, 7) is 1.75. The fraction of sp³-hybridized carbons (Fsp3) is 0.545. The average Bonchev–Trinajstić information content (AvgIpc) is 3.57. The Hall–Kier alpha value is -2.31. The zero-order valence-electron chi connectivity index (χ0n) is 18.9. The minimum absolute atomic E-state index is 0.0449. The maximum Gasteiger partial charge on any atom is 0.221 e. The van der Waals surface area contributed by atoms with E-state index in [0.29, 0.717) is 30.1 Å². The molecule has 9 nitrogen and oxygen atoms in total. The molecule has 12 heteroatoms. The number of anilines is 2. The summed E-state index contributed by atoms with van der Waals surface area (Å²) in [5.41, 5.74) is 0.659. The number of ether oxygens (including phenoxy) is 1. The molecule has 2 bridgehead atoms. The van der Waals surface area contributed by atoms with Gasteiger partial charge in [-0.25, -0.2) is 31.2 Å². The molecule has 0 spiro atoms. The van der Waals surface area contributed by atoms with Crippen LogP contribution in [0.25, 0.3) is 0 Å². The lowest BCUT2D eigenvalue weighted by Crippen LogP contribution is -2.50. The number of sulfone groups is 1. The Morgan fingerprint density at radius 3 is 2.32 bits per heavy atom. The number of piperidine rings is 1. The van der Waals surface area contributed by atoms with Gasteiger partial charge in [-0.3, -0.25) is 0 Å². The van der Waals surface area contributed by atoms with Gasteiger partial charge in [0.2, 0.25) is 15.9 Å². The number of rotatable bonds is 7. The molecular weight excluding hydrogens is 483 g/mol. The number of benzene rings is 1. The Bertz CT molecular complexity index is 1320. The van der Waals surface area contributed by atoms with Crippen molar-refractivity contribution in [1.29, 1.82) is 0 Å². The average molecular weight is 511 g/mol. The van der Waals surface area contributed by atoms with E-state index in [1.54, 1.807) is 11.2 Å². The summed E-state index contributed by atoms with van der Waals surface area (Å²) >= 11 is 0. The van der Waals surface area contributed by atoms with Crippen LogP contribution in [0.4, 0.5) is 15.9 Å². The van der Waals surface area contributed by atoms with Gasteiger partial charge in [-0.05, 0) is 50.8 Å². The molecule has 0 amide bonds. The van der Waals surface area contributed by atoms with Crippen LogP contribution in [-0.4, -0.2) is 60.8 Å². The monoisotopic (exact) mass is 510 g/mol. The second kappa shape index (κ2) is 8.42. The highest BCUT2D eigenvalue weighted by atomic mass is 32.2. The van der Waals surface area contributed by atoms with Crippen LogP contribution in [0.15, 0.2) is 29.4 Å². The van der Waals surface area contributed by atoms with E-state index in [-0.39, 0.29) is 34.0 Å². The summed E-state index contributed by atoms with van der Waals surface area (Å²) in [5, 5.41) is 2.67. The molecule has 2 aromatic rings. The van der Waals surface area contributed by atoms with Gasteiger partial charge < -0.3 is 10.1 Å². The minimum atomic E-state index is -3.52. The van der Waals surface area contributed by atoms with Crippen LogP contribution in [0.1, 0.15) is 44.1 Å². The zero-order chi connectivity index (χ0) is 24.3. The lowest BCUT2D eigenvalue weighted by atomic mass is 10.0. The molecule has 1 aromatic heterocycles. The molecule has 1 saturated carbocycles. The van der Waals surface area contributed by atoms with E-state index in [0.717, 1.165) is 38.0 Å². The molecular formula is C22H27FN4O5S2. The van der Waals surface area contributed by atoms with E-state index in [9.17, 15) is 21.2 Å². The standard InChI is InChI=1S/C22H27FN4O5S2/c1-13-21(26-20-8-7-18(11-19(20)23)33(2,28)29)24-12-25-22(13)32-16-9-14-3-4-15(10-16)27(14)34(30,31)17-5-6-17/h7-8,11-12,14-17H,3-6,9-10H2,1-2H3,(H,24,25,26). The number of fused-ring (bicyclic) bond motifs is 2. The van der Waals surface area contributed by atoms with Crippen LogP contribution in [0.3, 0.4) is 0 Å². The Labute approximate surface area is 198 Å². The lowest BCUT2D eigenvalue weighted by Gasteiger charge is -2.37. The third-order valence-electron chi connectivity index (χ3n) is 6.80. The molecule has 2 unspecified atom stereocenters. The van der Waals surface area contributed by atoms with Crippen LogP contribution < -0.4 is 10.1 Å². The van der Waals surface area contributed by atoms with Crippen molar-refractivity contribution < 1.29 is 26.0 Å². The smallest absolute Gasteiger partial charge is 0.221 e. The SMILES string of the molecule is Cc1c(Nc2ccc(S(C)(=O)=O)cc2F)ncnc1OC1CC2CCC(C1)N2S(=O)(=O)C1CC1. The largest absolute Gasteiger partial charge is 0.474 e. The van der Waals surface area contributed by atoms with E-state index in [4.69, 9.17) is 4.74 Å². The number of halogens is 1. The summed E-state index contributed by atoms with van der Waals surface area (Å²) in [5.74, 6) is -0.0227. The van der Waals surface area contributed by atoms with Crippen molar-refractivity contribution in [2.75, 3.05) is 11.6 Å². The lowest BCUT2D eigenvalue weighted by molar-refractivity contribution is 0.0910. The van der Waals surface area contributed by atoms with Gasteiger partial charge in [-0.15, -0.1) is 0 Å². The molecule has 3 fully saturated rings. The molecule has 34 heavy (non-hydrogen) atoms. The number of hydrogen-bond acceptors (Lipinski definition) is 8. The van der Waals surface area contributed by atoms with Crippen LogP contribution >= 0.6 is 0 Å². The first-order valence-corrected chi connectivity index (χ1v) is 14.7. The number of hydrogen-bond donors (Lipinski definition) is 1. The van der Waals surface area contributed by atoms with Gasteiger partial charge >= 0.3 is 0 Å². The van der Waals surface area contributed by atoms with Crippen molar-refractivity contribution in [1.82, 2.24) is 14.3 Å². The zero-order valence-corrected chi connectivity index (χ0v) is 20.6. The highest BCUT2D eigenvalue weighted by Gasteiger charge is 2.52. The fourth-order valence-electron chi connectivity index (χ4n) is 4.93. The van der Waals surface area contributed by atoms with Crippen molar-refractivity contribution in [3.8, 4) is 5.88 Å². The second-order valence-electron chi connectivity index (χ2n) is 9.36. The van der Waals surface area contributed by atoms with Crippen LogP contribution in [-0.2, 0) is 19.9 Å². The summed E-state index contributed by atoms with van der Waals surface area (Å²) in [4.78, 5) is 8.31. The van der Waals surface area contributed by atoms with Gasteiger partial charge in [0.25, 0.3) is 0 Å². The predicted octanol–water partition coefficient (Wildman–Crippen LogP) is 2.94.